The van der Waals surface area contributed by atoms with Crippen LogP contribution in [0.1, 0.15) is 24.3 Å². The minimum Gasteiger partial charge on any atom is -0.476 e. The van der Waals surface area contributed by atoms with E-state index in [1.165, 1.54) is 16.7 Å². The van der Waals surface area contributed by atoms with E-state index in [-0.39, 0.29) is 11.8 Å². The molecule has 0 saturated carbocycles. The van der Waals surface area contributed by atoms with Gasteiger partial charge in [0.1, 0.15) is 0 Å². The van der Waals surface area contributed by atoms with Gasteiger partial charge in [-0.1, -0.05) is 0 Å². The van der Waals surface area contributed by atoms with E-state index in [4.69, 9.17) is 9.84 Å². The van der Waals surface area contributed by atoms with Gasteiger partial charge in [0.05, 0.1) is 12.7 Å². The quantitative estimate of drug-likeness (QED) is 0.727. The molecule has 0 saturated heterocycles. The molecule has 0 aliphatic rings. The summed E-state index contributed by atoms with van der Waals surface area (Å²) in [6.07, 6.45) is 0.206. The second kappa shape index (κ2) is 5.67. The molecule has 0 fully saturated rings. The Balaban J connectivity index is 2.29. The van der Waals surface area contributed by atoms with Crippen molar-refractivity contribution in [1.82, 2.24) is 4.98 Å². The van der Waals surface area contributed by atoms with Crippen molar-refractivity contribution in [2.75, 3.05) is 18.5 Å². The number of nitrogens with one attached hydrogen (secondary N) is 1. The van der Waals surface area contributed by atoms with Gasteiger partial charge in [0.2, 0.25) is 0 Å². The lowest BCUT2D eigenvalue weighted by atomic mass is 10.5. The summed E-state index contributed by atoms with van der Waals surface area (Å²) in [5, 5.41) is 13.7. The molecule has 84 valence electrons. The number of aromatic nitrogens is 1. The third kappa shape index (κ3) is 4.26. The highest BCUT2D eigenvalue weighted by Gasteiger charge is 2.07. The van der Waals surface area contributed by atoms with Crippen molar-refractivity contribution in [3.8, 4) is 0 Å². The van der Waals surface area contributed by atoms with E-state index in [0.29, 0.717) is 18.3 Å². The van der Waals surface area contributed by atoms with Crippen LogP contribution in [0.15, 0.2) is 5.38 Å². The van der Waals surface area contributed by atoms with Gasteiger partial charge >= 0.3 is 5.97 Å². The van der Waals surface area contributed by atoms with Crippen LogP contribution in [0.3, 0.4) is 0 Å². The average molecular weight is 230 g/mol. The lowest BCUT2D eigenvalue weighted by molar-refractivity contribution is 0.0691. The van der Waals surface area contributed by atoms with E-state index in [0.717, 1.165) is 0 Å². The molecule has 1 rings (SSSR count). The Labute approximate surface area is 92.1 Å². The summed E-state index contributed by atoms with van der Waals surface area (Å²) in [6.45, 7) is 5.14. The lowest BCUT2D eigenvalue weighted by Gasteiger charge is -2.07. The predicted octanol–water partition coefficient (Wildman–Crippen LogP) is 1.68. The number of anilines is 1. The number of hydrogen-bond donors (Lipinski definition) is 2. The Morgan fingerprint density at radius 1 is 1.73 bits per heavy atom. The van der Waals surface area contributed by atoms with E-state index in [2.05, 4.69) is 10.3 Å². The Morgan fingerprint density at radius 2 is 2.47 bits per heavy atom. The molecule has 0 atom stereocenters. The molecule has 1 heterocycles. The van der Waals surface area contributed by atoms with Crippen LogP contribution in [0.25, 0.3) is 0 Å². The molecule has 1 aromatic rings. The number of carboxylic acid groups (broad SMARTS) is 1. The van der Waals surface area contributed by atoms with Crippen molar-refractivity contribution in [1.29, 1.82) is 0 Å². The summed E-state index contributed by atoms with van der Waals surface area (Å²) in [6, 6.07) is 0. The van der Waals surface area contributed by atoms with Crippen LogP contribution in [0, 0.1) is 0 Å². The minimum atomic E-state index is -1.00. The van der Waals surface area contributed by atoms with Crippen molar-refractivity contribution in [2.24, 2.45) is 0 Å². The van der Waals surface area contributed by atoms with Crippen LogP contribution in [-0.2, 0) is 4.74 Å². The fourth-order valence-electron chi connectivity index (χ4n) is 0.906. The van der Waals surface area contributed by atoms with Crippen molar-refractivity contribution >= 4 is 22.4 Å². The third-order valence-electron chi connectivity index (χ3n) is 1.55. The van der Waals surface area contributed by atoms with Crippen molar-refractivity contribution in [3.63, 3.8) is 0 Å². The highest BCUT2D eigenvalue weighted by molar-refractivity contribution is 7.13. The first-order chi connectivity index (χ1) is 7.09. The Morgan fingerprint density at radius 3 is 3.00 bits per heavy atom. The molecule has 0 amide bonds. The van der Waals surface area contributed by atoms with Gasteiger partial charge < -0.3 is 15.2 Å². The van der Waals surface area contributed by atoms with E-state index in [9.17, 15) is 4.79 Å². The number of nitrogens with zero attached hydrogens (tertiary/aromatic N) is 1. The van der Waals surface area contributed by atoms with E-state index < -0.39 is 5.97 Å². The van der Waals surface area contributed by atoms with Crippen LogP contribution in [0.4, 0.5) is 5.13 Å². The van der Waals surface area contributed by atoms with Crippen molar-refractivity contribution < 1.29 is 14.6 Å². The molecule has 2 N–H and O–H groups in total. The van der Waals surface area contributed by atoms with Gasteiger partial charge in [0.15, 0.2) is 10.8 Å². The molecule has 5 nitrogen and oxygen atoms in total. The van der Waals surface area contributed by atoms with Crippen LogP contribution in [0.5, 0.6) is 0 Å². The fourth-order valence-corrected chi connectivity index (χ4v) is 1.62. The lowest BCUT2D eigenvalue weighted by Crippen LogP contribution is -2.13. The van der Waals surface area contributed by atoms with Crippen LogP contribution in [-0.4, -0.2) is 35.3 Å². The van der Waals surface area contributed by atoms with E-state index in [1.807, 2.05) is 13.8 Å². The van der Waals surface area contributed by atoms with E-state index >= 15 is 0 Å². The predicted molar refractivity (Wildman–Crippen MR) is 58.7 cm³/mol. The largest absolute Gasteiger partial charge is 0.476 e. The first-order valence-corrected chi connectivity index (χ1v) is 5.52. The Hall–Kier alpha value is -1.14. The number of carboxylic acids is 1. The SMILES string of the molecule is CC(C)OCCNc1nc(C(=O)O)cs1. The van der Waals surface area contributed by atoms with Crippen molar-refractivity contribution in [2.45, 2.75) is 20.0 Å². The second-order valence-corrected chi connectivity index (χ2v) is 4.05. The van der Waals surface area contributed by atoms with Crippen LogP contribution < -0.4 is 5.32 Å². The van der Waals surface area contributed by atoms with Crippen molar-refractivity contribution in [3.05, 3.63) is 11.1 Å². The molecule has 15 heavy (non-hydrogen) atoms. The molecular weight excluding hydrogens is 216 g/mol. The zero-order valence-corrected chi connectivity index (χ0v) is 9.50. The Kier molecular flexibility index (Phi) is 4.51. The molecule has 0 aliphatic heterocycles. The zero-order valence-electron chi connectivity index (χ0n) is 8.69. The monoisotopic (exact) mass is 230 g/mol. The fraction of sp³-hybridized carbons (Fsp3) is 0.556. The maximum atomic E-state index is 10.5. The smallest absolute Gasteiger partial charge is 0.355 e. The highest BCUT2D eigenvalue weighted by atomic mass is 32.1. The number of hydrogen-bond acceptors (Lipinski definition) is 5. The molecule has 0 unspecified atom stereocenters. The third-order valence-corrected chi connectivity index (χ3v) is 2.35. The number of carbonyl (C=O) groups is 1. The molecule has 6 heteroatoms. The number of thiazole rings is 1. The number of ether oxygens (including phenoxy) is 1. The highest BCUT2D eigenvalue weighted by Crippen LogP contribution is 2.14. The standard InChI is InChI=1S/C9H14N2O3S/c1-6(2)14-4-3-10-9-11-7(5-15-9)8(12)13/h5-6H,3-4H2,1-2H3,(H,10,11)(H,12,13). The van der Waals surface area contributed by atoms with Gasteiger partial charge in [-0.25, -0.2) is 9.78 Å². The van der Waals surface area contributed by atoms with Gasteiger partial charge in [-0.2, -0.15) is 0 Å². The maximum Gasteiger partial charge on any atom is 0.355 e. The molecule has 0 aromatic carbocycles. The average Bonchev–Trinajstić information content (AvgIpc) is 2.60. The number of aromatic carboxylic acids is 1. The topological polar surface area (TPSA) is 71.5 Å². The molecular formula is C9H14N2O3S. The maximum absolute atomic E-state index is 10.5. The van der Waals surface area contributed by atoms with Gasteiger partial charge in [-0.15, -0.1) is 11.3 Å². The normalized spacial score (nSPS) is 10.6. The molecule has 1 aromatic heterocycles. The summed E-state index contributed by atoms with van der Waals surface area (Å²) in [7, 11) is 0. The van der Waals surface area contributed by atoms with Gasteiger partial charge in [0.25, 0.3) is 0 Å². The molecule has 0 bridgehead atoms. The first kappa shape index (κ1) is 11.9. The number of rotatable bonds is 6. The Bertz CT molecular complexity index is 325. The summed E-state index contributed by atoms with van der Waals surface area (Å²) in [5.41, 5.74) is 0.0762. The summed E-state index contributed by atoms with van der Waals surface area (Å²) in [4.78, 5) is 14.4. The molecule has 0 radical (unpaired) electrons. The summed E-state index contributed by atoms with van der Waals surface area (Å²) < 4.78 is 5.32. The van der Waals surface area contributed by atoms with Gasteiger partial charge in [-0.3, -0.25) is 0 Å². The minimum absolute atomic E-state index is 0.0762. The zero-order chi connectivity index (χ0) is 11.3. The molecule has 0 aliphatic carbocycles. The van der Waals surface area contributed by atoms with E-state index in [1.54, 1.807) is 0 Å². The molecule has 0 spiro atoms. The second-order valence-electron chi connectivity index (χ2n) is 3.19. The van der Waals surface area contributed by atoms with Crippen LogP contribution >= 0.6 is 11.3 Å². The first-order valence-electron chi connectivity index (χ1n) is 4.64. The van der Waals surface area contributed by atoms with Gasteiger partial charge in [-0.05, 0) is 13.8 Å². The van der Waals surface area contributed by atoms with Gasteiger partial charge in [0, 0.05) is 11.9 Å². The van der Waals surface area contributed by atoms with Crippen LogP contribution in [0.2, 0.25) is 0 Å². The summed E-state index contributed by atoms with van der Waals surface area (Å²) in [5.74, 6) is -1.00. The summed E-state index contributed by atoms with van der Waals surface area (Å²) >= 11 is 1.28.